The summed E-state index contributed by atoms with van der Waals surface area (Å²) in [6.45, 7) is 3.46. The Kier molecular flexibility index (Phi) is 8.29. The van der Waals surface area contributed by atoms with Gasteiger partial charge < -0.3 is 25.3 Å². The molecule has 0 atom stereocenters. The molecule has 0 unspecified atom stereocenters. The normalized spacial score (nSPS) is 12.4. The van der Waals surface area contributed by atoms with Crippen LogP contribution in [0.3, 0.4) is 0 Å². The van der Waals surface area contributed by atoms with Gasteiger partial charge in [-0.1, -0.05) is 44.2 Å². The molecule has 0 saturated heterocycles. The summed E-state index contributed by atoms with van der Waals surface area (Å²) >= 11 is 0. The summed E-state index contributed by atoms with van der Waals surface area (Å²) in [6, 6.07) is 19.4. The van der Waals surface area contributed by atoms with Crippen molar-refractivity contribution in [3.8, 4) is 17.4 Å². The fraction of sp³-hybridized carbons (Fsp3) is 0.267. The SMILES string of the molecule is CCC(CC)(C(N)=O)N(c1ccc(N=C(c2ccccc2)c2c(O)[nH]c3cc(OC)c(OC)cc23)cc1)S(C)(=O)=O. The van der Waals surface area contributed by atoms with E-state index in [1.165, 1.54) is 14.2 Å². The summed E-state index contributed by atoms with van der Waals surface area (Å²) in [5.74, 6) is 0.184. The van der Waals surface area contributed by atoms with Crippen LogP contribution in [-0.4, -0.2) is 56.1 Å². The van der Waals surface area contributed by atoms with Crippen molar-refractivity contribution in [3.05, 3.63) is 77.9 Å². The van der Waals surface area contributed by atoms with E-state index < -0.39 is 21.5 Å². The Morgan fingerprint density at radius 1 is 1.00 bits per heavy atom. The molecule has 0 aliphatic rings. The van der Waals surface area contributed by atoms with E-state index in [9.17, 15) is 18.3 Å². The van der Waals surface area contributed by atoms with Crippen LogP contribution in [0.4, 0.5) is 11.4 Å². The van der Waals surface area contributed by atoms with Gasteiger partial charge in [0.2, 0.25) is 15.9 Å². The first-order valence-corrected chi connectivity index (χ1v) is 14.9. The number of nitrogens with one attached hydrogen (secondary N) is 1. The zero-order valence-corrected chi connectivity index (χ0v) is 24.5. The minimum atomic E-state index is -3.86. The number of anilines is 1. The van der Waals surface area contributed by atoms with Gasteiger partial charge >= 0.3 is 0 Å². The molecule has 0 saturated carbocycles. The minimum absolute atomic E-state index is 0.0880. The standard InChI is InChI=1S/C30H34N4O6S/c1-6-30(7-2,29(31)36)34(41(5,37)38)21-15-13-20(14-16-21)32-27(19-11-9-8-10-12-19)26-22-17-24(39-3)25(40-4)18-23(22)33-28(26)35/h8-18,33,35H,6-7H2,1-5H3,(H2,31,36). The lowest BCUT2D eigenvalue weighted by Crippen LogP contribution is -2.59. The number of aromatic nitrogens is 1. The van der Waals surface area contributed by atoms with Crippen LogP contribution in [0, 0.1) is 0 Å². The first kappa shape index (κ1) is 29.5. The van der Waals surface area contributed by atoms with Gasteiger partial charge in [-0.05, 0) is 43.2 Å². The Morgan fingerprint density at radius 2 is 1.59 bits per heavy atom. The van der Waals surface area contributed by atoms with Gasteiger partial charge in [-0.25, -0.2) is 13.4 Å². The van der Waals surface area contributed by atoms with E-state index in [1.54, 1.807) is 50.2 Å². The van der Waals surface area contributed by atoms with Crippen molar-refractivity contribution in [3.63, 3.8) is 0 Å². The van der Waals surface area contributed by atoms with E-state index in [4.69, 9.17) is 20.2 Å². The molecule has 1 amide bonds. The topological polar surface area (TPSA) is 147 Å². The highest BCUT2D eigenvalue weighted by Crippen LogP contribution is 2.39. The number of benzene rings is 3. The van der Waals surface area contributed by atoms with Crippen molar-refractivity contribution < 1.29 is 27.8 Å². The third-order valence-corrected chi connectivity index (χ3v) is 8.46. The lowest BCUT2D eigenvalue weighted by atomic mass is 9.91. The van der Waals surface area contributed by atoms with Crippen LogP contribution in [0.2, 0.25) is 0 Å². The second-order valence-electron chi connectivity index (χ2n) is 9.57. The summed E-state index contributed by atoms with van der Waals surface area (Å²) in [5, 5.41) is 11.7. The van der Waals surface area contributed by atoms with Gasteiger partial charge in [0.15, 0.2) is 17.4 Å². The van der Waals surface area contributed by atoms with Crippen molar-refractivity contribution >= 4 is 43.9 Å². The molecule has 0 aliphatic carbocycles. The fourth-order valence-electron chi connectivity index (χ4n) is 5.14. The Balaban J connectivity index is 1.90. The van der Waals surface area contributed by atoms with Crippen molar-refractivity contribution in [1.29, 1.82) is 0 Å². The molecule has 3 aromatic carbocycles. The number of fused-ring (bicyclic) bond motifs is 1. The van der Waals surface area contributed by atoms with Crippen LogP contribution in [0.5, 0.6) is 17.4 Å². The van der Waals surface area contributed by atoms with Crippen LogP contribution in [0.1, 0.15) is 37.8 Å². The first-order chi connectivity index (χ1) is 19.5. The number of aliphatic imine (C=N–C) groups is 1. The minimum Gasteiger partial charge on any atom is -0.494 e. The number of hydrogen-bond donors (Lipinski definition) is 3. The Labute approximate surface area is 239 Å². The summed E-state index contributed by atoms with van der Waals surface area (Å²) in [7, 11) is -0.794. The second-order valence-corrected chi connectivity index (χ2v) is 11.4. The maximum Gasteiger partial charge on any atom is 0.244 e. The molecule has 1 aromatic heterocycles. The van der Waals surface area contributed by atoms with E-state index in [2.05, 4.69) is 4.98 Å². The highest BCUT2D eigenvalue weighted by Gasteiger charge is 2.44. The van der Waals surface area contributed by atoms with Crippen LogP contribution in [0.15, 0.2) is 71.7 Å². The van der Waals surface area contributed by atoms with Crippen molar-refractivity contribution in [2.75, 3.05) is 24.8 Å². The number of nitrogens with zero attached hydrogens (tertiary/aromatic N) is 2. The van der Waals surface area contributed by atoms with E-state index in [0.717, 1.165) is 16.1 Å². The number of hydrogen-bond acceptors (Lipinski definition) is 7. The number of primary amides is 1. The van der Waals surface area contributed by atoms with E-state index >= 15 is 0 Å². The third kappa shape index (κ3) is 5.45. The molecule has 0 aliphatic heterocycles. The number of amides is 1. The fourth-order valence-corrected chi connectivity index (χ4v) is 6.63. The monoisotopic (exact) mass is 578 g/mol. The molecular formula is C30H34N4O6S. The van der Waals surface area contributed by atoms with E-state index in [1.807, 2.05) is 30.3 Å². The number of methoxy groups -OCH3 is 2. The number of rotatable bonds is 11. The smallest absolute Gasteiger partial charge is 0.244 e. The van der Waals surface area contributed by atoms with Crippen molar-refractivity contribution in [2.24, 2.45) is 10.7 Å². The van der Waals surface area contributed by atoms with Crippen LogP contribution >= 0.6 is 0 Å². The predicted octanol–water partition coefficient (Wildman–Crippen LogP) is 4.87. The van der Waals surface area contributed by atoms with Gasteiger partial charge in [0.25, 0.3) is 0 Å². The maximum atomic E-state index is 12.9. The number of sulfonamides is 1. The Bertz CT molecular complexity index is 1690. The Morgan fingerprint density at radius 3 is 2.10 bits per heavy atom. The highest BCUT2D eigenvalue weighted by atomic mass is 32.2. The van der Waals surface area contributed by atoms with E-state index in [-0.39, 0.29) is 18.7 Å². The van der Waals surface area contributed by atoms with E-state index in [0.29, 0.717) is 45.1 Å². The Hall–Kier alpha value is -4.51. The van der Waals surface area contributed by atoms with Gasteiger partial charge in [-0.15, -0.1) is 0 Å². The molecule has 0 radical (unpaired) electrons. The van der Waals surface area contributed by atoms with Gasteiger partial charge in [0.1, 0.15) is 5.54 Å². The van der Waals surface area contributed by atoms with Gasteiger partial charge in [-0.2, -0.15) is 0 Å². The molecule has 4 N–H and O–H groups in total. The van der Waals surface area contributed by atoms with Crippen LogP contribution in [-0.2, 0) is 14.8 Å². The van der Waals surface area contributed by atoms with Crippen molar-refractivity contribution in [2.45, 2.75) is 32.2 Å². The molecule has 10 nitrogen and oxygen atoms in total. The lowest BCUT2D eigenvalue weighted by Gasteiger charge is -2.40. The molecule has 4 rings (SSSR count). The number of carbonyl (C=O) groups excluding carboxylic acids is 1. The molecule has 0 spiro atoms. The highest BCUT2D eigenvalue weighted by molar-refractivity contribution is 7.92. The number of carbonyl (C=O) groups is 1. The number of ether oxygens (including phenoxy) is 2. The summed E-state index contributed by atoms with van der Waals surface area (Å²) in [5.41, 5.74) is 7.40. The first-order valence-electron chi connectivity index (χ1n) is 13.0. The molecule has 41 heavy (non-hydrogen) atoms. The van der Waals surface area contributed by atoms with Gasteiger partial charge in [0, 0.05) is 17.0 Å². The van der Waals surface area contributed by atoms with Crippen LogP contribution < -0.4 is 19.5 Å². The summed E-state index contributed by atoms with van der Waals surface area (Å²) in [6.07, 6.45) is 1.47. The summed E-state index contributed by atoms with van der Waals surface area (Å²) < 4.78 is 37.8. The largest absolute Gasteiger partial charge is 0.494 e. The van der Waals surface area contributed by atoms with Gasteiger partial charge in [-0.3, -0.25) is 9.10 Å². The lowest BCUT2D eigenvalue weighted by molar-refractivity contribution is -0.123. The molecule has 4 aromatic rings. The second kappa shape index (κ2) is 11.5. The molecule has 11 heteroatoms. The zero-order valence-electron chi connectivity index (χ0n) is 23.6. The average molecular weight is 579 g/mol. The average Bonchev–Trinajstić information content (AvgIpc) is 3.28. The molecule has 0 fully saturated rings. The predicted molar refractivity (Wildman–Crippen MR) is 161 cm³/mol. The number of H-pyrrole nitrogens is 1. The molecule has 1 heterocycles. The zero-order chi connectivity index (χ0) is 29.9. The molecule has 0 bridgehead atoms. The number of aromatic hydroxyl groups is 1. The quantitative estimate of drug-likeness (QED) is 0.216. The van der Waals surface area contributed by atoms with Crippen molar-refractivity contribution in [1.82, 2.24) is 4.98 Å². The number of aromatic amines is 1. The van der Waals surface area contributed by atoms with Crippen LogP contribution in [0.25, 0.3) is 10.9 Å². The number of nitrogens with two attached hydrogens (primary N) is 1. The van der Waals surface area contributed by atoms with Gasteiger partial charge in [0.05, 0.1) is 48.6 Å². The molecule has 216 valence electrons. The molecular weight excluding hydrogens is 544 g/mol. The maximum absolute atomic E-state index is 12.9. The summed E-state index contributed by atoms with van der Waals surface area (Å²) in [4.78, 5) is 20.4. The third-order valence-electron chi connectivity index (χ3n) is 7.24.